The van der Waals surface area contributed by atoms with Gasteiger partial charge < -0.3 is 4.42 Å². The number of hydrogen-bond donors (Lipinski definition) is 1. The smallest absolute Gasteiger partial charge is 0.434 e. The molecule has 0 aliphatic carbocycles. The summed E-state index contributed by atoms with van der Waals surface area (Å²) < 4.78 is 47.7. The van der Waals surface area contributed by atoms with Gasteiger partial charge in [0.15, 0.2) is 5.71 Å². The van der Waals surface area contributed by atoms with Gasteiger partial charge in [-0.2, -0.15) is 17.6 Å². The molecular weight excluding hydrogens is 301 g/mol. The Morgan fingerprint density at radius 2 is 1.76 bits per heavy atom. The van der Waals surface area contributed by atoms with Crippen molar-refractivity contribution in [3.8, 4) is 0 Å². The molecule has 0 atom stereocenters. The Kier molecular flexibility index (Phi) is 3.38. The fraction of sp³-hybridized carbons (Fsp3) is 0.0714. The highest BCUT2D eigenvalue weighted by Gasteiger charge is 2.37. The molecule has 0 spiro atoms. The van der Waals surface area contributed by atoms with Crippen LogP contribution >= 0.6 is 12.1 Å². The van der Waals surface area contributed by atoms with Crippen molar-refractivity contribution in [2.75, 3.05) is 0 Å². The van der Waals surface area contributed by atoms with Gasteiger partial charge in [-0.15, -0.1) is 0 Å². The van der Waals surface area contributed by atoms with Crippen LogP contribution in [0.2, 0.25) is 0 Å². The van der Waals surface area contributed by atoms with Crippen molar-refractivity contribution in [3.63, 3.8) is 0 Å². The molecule has 0 saturated heterocycles. The maximum atomic E-state index is 13.0. The molecule has 2 aromatic carbocycles. The Morgan fingerprint density at radius 1 is 1.05 bits per heavy atom. The topological polar surface area (TPSA) is 51.5 Å². The minimum absolute atomic E-state index is 0.0768. The van der Waals surface area contributed by atoms with Gasteiger partial charge in [0.1, 0.15) is 11.2 Å². The lowest BCUT2D eigenvalue weighted by Crippen LogP contribution is -2.23. The minimum atomic E-state index is -4.58. The number of rotatable bonds is 2. The Hall–Kier alpha value is -1.99. The maximum Gasteiger partial charge on any atom is 0.434 e. The molecule has 21 heavy (non-hydrogen) atoms. The van der Waals surface area contributed by atoms with Crippen molar-refractivity contribution in [3.05, 3.63) is 48.0 Å². The lowest BCUT2D eigenvalue weighted by molar-refractivity contribution is -0.0578. The lowest BCUT2D eigenvalue weighted by atomic mass is 10.1. The highest BCUT2D eigenvalue weighted by molar-refractivity contribution is 7.95. The summed E-state index contributed by atoms with van der Waals surface area (Å²) in [6.45, 7) is 0. The number of alkyl halides is 3. The Bertz CT molecular complexity index is 839. The first kappa shape index (κ1) is 14.0. The summed E-state index contributed by atoms with van der Waals surface area (Å²) in [6.07, 6.45) is -4.58. The number of hydrogen-bond acceptors (Lipinski definition) is 4. The summed E-state index contributed by atoms with van der Waals surface area (Å²) >= 11 is 0.279. The number of halogens is 3. The summed E-state index contributed by atoms with van der Waals surface area (Å²) in [7, 11) is 0. The highest BCUT2D eigenvalue weighted by Crippen LogP contribution is 2.31. The molecule has 3 rings (SSSR count). The van der Waals surface area contributed by atoms with Gasteiger partial charge in [-0.05, 0) is 18.2 Å². The van der Waals surface area contributed by atoms with Crippen molar-refractivity contribution in [1.29, 1.82) is 0 Å². The van der Waals surface area contributed by atoms with Crippen LogP contribution in [0.15, 0.2) is 51.3 Å². The predicted octanol–water partition coefficient (Wildman–Crippen LogP) is 4.46. The van der Waals surface area contributed by atoms with Crippen LogP contribution in [0.4, 0.5) is 13.2 Å². The van der Waals surface area contributed by atoms with Crippen molar-refractivity contribution >= 4 is 39.8 Å². The third-order valence-corrected chi connectivity index (χ3v) is 3.35. The largest absolute Gasteiger partial charge is 0.456 e. The Balaban J connectivity index is 2.21. The SMILES string of the molecule is NS/N=C(/c1ccc2c(c1)oc1ccccc12)C(F)(F)F. The van der Waals surface area contributed by atoms with Crippen LogP contribution in [0.1, 0.15) is 5.56 Å². The van der Waals surface area contributed by atoms with Crippen LogP contribution in [0.3, 0.4) is 0 Å². The molecule has 0 amide bonds. The third kappa shape index (κ3) is 2.50. The fourth-order valence-electron chi connectivity index (χ4n) is 2.19. The zero-order valence-corrected chi connectivity index (χ0v) is 11.3. The number of furan rings is 1. The summed E-state index contributed by atoms with van der Waals surface area (Å²) in [5.41, 5.74) is -0.0969. The zero-order chi connectivity index (χ0) is 15.0. The zero-order valence-electron chi connectivity index (χ0n) is 10.5. The molecule has 0 unspecified atom stereocenters. The molecule has 3 nitrogen and oxygen atoms in total. The van der Waals surface area contributed by atoms with Crippen LogP contribution in [0.5, 0.6) is 0 Å². The maximum absolute atomic E-state index is 13.0. The van der Waals surface area contributed by atoms with E-state index >= 15 is 0 Å². The van der Waals surface area contributed by atoms with Crippen molar-refractivity contribution in [1.82, 2.24) is 0 Å². The van der Waals surface area contributed by atoms with Gasteiger partial charge in [0.25, 0.3) is 0 Å². The second kappa shape index (κ2) is 5.09. The van der Waals surface area contributed by atoms with E-state index < -0.39 is 11.9 Å². The normalized spacial score (nSPS) is 13.2. The van der Waals surface area contributed by atoms with Crippen molar-refractivity contribution in [2.45, 2.75) is 6.18 Å². The average Bonchev–Trinajstić information content (AvgIpc) is 2.81. The van der Waals surface area contributed by atoms with Gasteiger partial charge in [-0.25, -0.2) is 0 Å². The summed E-state index contributed by atoms with van der Waals surface area (Å²) in [6, 6.07) is 11.6. The van der Waals surface area contributed by atoms with Crippen LogP contribution in [0.25, 0.3) is 21.9 Å². The minimum Gasteiger partial charge on any atom is -0.456 e. The van der Waals surface area contributed by atoms with E-state index in [1.807, 2.05) is 12.1 Å². The first-order chi connectivity index (χ1) is 10.0. The van der Waals surface area contributed by atoms with Crippen LogP contribution in [-0.2, 0) is 0 Å². The van der Waals surface area contributed by atoms with E-state index in [0.29, 0.717) is 11.2 Å². The van der Waals surface area contributed by atoms with Crippen molar-refractivity contribution in [2.24, 2.45) is 9.54 Å². The number of para-hydroxylation sites is 1. The first-order valence-electron chi connectivity index (χ1n) is 5.93. The molecule has 1 heterocycles. The number of nitrogens with two attached hydrogens (primary N) is 1. The average molecular weight is 310 g/mol. The Morgan fingerprint density at radius 3 is 2.48 bits per heavy atom. The highest BCUT2D eigenvalue weighted by atomic mass is 32.2. The van der Waals surface area contributed by atoms with Crippen LogP contribution < -0.4 is 5.14 Å². The van der Waals surface area contributed by atoms with Gasteiger partial charge in [-0.1, -0.05) is 24.3 Å². The first-order valence-corrected chi connectivity index (χ1v) is 6.77. The number of fused-ring (bicyclic) bond motifs is 3. The lowest BCUT2D eigenvalue weighted by Gasteiger charge is -2.09. The van der Waals surface area contributed by atoms with Crippen LogP contribution in [-0.4, -0.2) is 11.9 Å². The second-order valence-electron chi connectivity index (χ2n) is 4.35. The molecule has 0 fully saturated rings. The van der Waals surface area contributed by atoms with Crippen molar-refractivity contribution < 1.29 is 17.6 Å². The Labute approximate surface area is 121 Å². The van der Waals surface area contributed by atoms with E-state index in [0.717, 1.165) is 10.8 Å². The van der Waals surface area contributed by atoms with E-state index in [4.69, 9.17) is 9.56 Å². The molecule has 7 heteroatoms. The molecule has 2 N–H and O–H groups in total. The van der Waals surface area contributed by atoms with Gasteiger partial charge in [0, 0.05) is 16.3 Å². The van der Waals surface area contributed by atoms with Gasteiger partial charge >= 0.3 is 6.18 Å². The van der Waals surface area contributed by atoms with E-state index in [9.17, 15) is 13.2 Å². The fourth-order valence-corrected chi connectivity index (χ4v) is 2.51. The number of benzene rings is 2. The van der Waals surface area contributed by atoms with E-state index in [1.165, 1.54) is 12.1 Å². The summed E-state index contributed by atoms with van der Waals surface area (Å²) in [4.78, 5) is 0. The molecule has 0 aliphatic heterocycles. The number of nitrogens with zero attached hydrogens (tertiary/aromatic N) is 1. The molecule has 0 saturated carbocycles. The molecule has 0 aliphatic rings. The van der Waals surface area contributed by atoms with Crippen LogP contribution in [0, 0.1) is 0 Å². The molecule has 108 valence electrons. The van der Waals surface area contributed by atoms with E-state index in [-0.39, 0.29) is 17.7 Å². The second-order valence-corrected chi connectivity index (χ2v) is 4.75. The van der Waals surface area contributed by atoms with E-state index in [2.05, 4.69) is 4.40 Å². The van der Waals surface area contributed by atoms with E-state index in [1.54, 1.807) is 18.2 Å². The molecular formula is C14H9F3N2OS. The third-order valence-electron chi connectivity index (χ3n) is 3.06. The summed E-state index contributed by atoms with van der Waals surface area (Å²) in [5, 5.41) is 6.66. The summed E-state index contributed by atoms with van der Waals surface area (Å²) in [5.74, 6) is 0. The standard InChI is InChI=1S/C14H9F3N2OS/c15-14(16,17)13(19-21-18)8-5-6-10-9-3-1-2-4-11(9)20-12(10)7-8/h1-7H,18H2/b19-13-. The molecule has 0 radical (unpaired) electrons. The van der Waals surface area contributed by atoms with Gasteiger partial charge in [-0.3, -0.25) is 5.14 Å². The molecule has 0 bridgehead atoms. The quantitative estimate of drug-likeness (QED) is 0.561. The molecule has 1 aromatic heterocycles. The van der Waals surface area contributed by atoms with Gasteiger partial charge in [0.2, 0.25) is 0 Å². The predicted molar refractivity (Wildman–Crippen MR) is 78.1 cm³/mol. The monoisotopic (exact) mass is 310 g/mol. The molecule has 3 aromatic rings. The van der Waals surface area contributed by atoms with Gasteiger partial charge in [0.05, 0.1) is 12.1 Å².